The quantitative estimate of drug-likeness (QED) is 0.427. The summed E-state index contributed by atoms with van der Waals surface area (Å²) in [5, 5.41) is 10.4. The van der Waals surface area contributed by atoms with Gasteiger partial charge in [0, 0.05) is 36.6 Å². The molecule has 1 fully saturated rings. The molecule has 0 bridgehead atoms. The number of pyridine rings is 1. The molecule has 1 aliphatic rings. The second kappa shape index (κ2) is 10.2. The summed E-state index contributed by atoms with van der Waals surface area (Å²) in [6, 6.07) is 8.79. The largest absolute Gasteiger partial charge is 0.381 e. The Morgan fingerprint density at radius 3 is 2.51 bits per heavy atom. The first-order chi connectivity index (χ1) is 17.4. The van der Waals surface area contributed by atoms with Crippen molar-refractivity contribution in [1.29, 1.82) is 4.78 Å². The van der Waals surface area contributed by atoms with Crippen LogP contribution < -0.4 is 4.72 Å². The molecule has 196 valence electrons. The highest BCUT2D eigenvalue weighted by atomic mass is 32.2. The number of halogens is 3. The van der Waals surface area contributed by atoms with Crippen LogP contribution in [0.1, 0.15) is 25.8 Å². The Kier molecular flexibility index (Phi) is 7.40. The van der Waals surface area contributed by atoms with Gasteiger partial charge >= 0.3 is 0 Å². The summed E-state index contributed by atoms with van der Waals surface area (Å²) >= 11 is 0. The number of carbonyl (C=O) groups is 1. The smallest absolute Gasteiger partial charge is 0.254 e. The van der Waals surface area contributed by atoms with Crippen molar-refractivity contribution in [2.45, 2.75) is 49.3 Å². The highest BCUT2D eigenvalue weighted by Crippen LogP contribution is 2.31. The molecule has 3 aromatic rings. The van der Waals surface area contributed by atoms with Crippen molar-refractivity contribution in [2.24, 2.45) is 0 Å². The summed E-state index contributed by atoms with van der Waals surface area (Å²) in [6.07, 6.45) is 3.05. The molecule has 0 radical (unpaired) electrons. The third-order valence-corrected chi connectivity index (χ3v) is 7.84. The van der Waals surface area contributed by atoms with E-state index < -0.39 is 51.0 Å². The van der Waals surface area contributed by atoms with E-state index in [4.69, 9.17) is 4.78 Å². The van der Waals surface area contributed by atoms with Crippen molar-refractivity contribution in [1.82, 2.24) is 14.6 Å². The lowest BCUT2D eigenvalue weighted by atomic mass is 9.95. The molecule has 1 unspecified atom stereocenters. The van der Waals surface area contributed by atoms with Gasteiger partial charge in [-0.05, 0) is 62.1 Å². The van der Waals surface area contributed by atoms with Gasteiger partial charge in [0.25, 0.3) is 5.91 Å². The van der Waals surface area contributed by atoms with Crippen LogP contribution >= 0.6 is 0 Å². The lowest BCUT2D eigenvalue weighted by Gasteiger charge is -2.33. The molecular weight excluding hydrogens is 505 g/mol. The number of hydrogen-bond donors (Lipinski definition) is 3. The molecule has 2 heterocycles. The van der Waals surface area contributed by atoms with Crippen LogP contribution in [0.4, 0.5) is 13.2 Å². The lowest BCUT2D eigenvalue weighted by molar-refractivity contribution is -0.148. The Morgan fingerprint density at radius 2 is 1.89 bits per heavy atom. The van der Waals surface area contributed by atoms with E-state index in [1.54, 1.807) is 12.1 Å². The van der Waals surface area contributed by atoms with Gasteiger partial charge in [-0.1, -0.05) is 18.2 Å². The van der Waals surface area contributed by atoms with Gasteiger partial charge in [0.2, 0.25) is 0 Å². The van der Waals surface area contributed by atoms with Gasteiger partial charge in [-0.25, -0.2) is 26.9 Å². The van der Waals surface area contributed by atoms with E-state index in [2.05, 4.69) is 9.71 Å². The van der Waals surface area contributed by atoms with E-state index in [0.717, 1.165) is 12.1 Å². The first kappa shape index (κ1) is 26.8. The fraction of sp³-hybridized carbons (Fsp3) is 0.308. The van der Waals surface area contributed by atoms with E-state index in [9.17, 15) is 22.9 Å². The summed E-state index contributed by atoms with van der Waals surface area (Å²) in [7, 11) is -3.51. The van der Waals surface area contributed by atoms with Gasteiger partial charge in [-0.2, -0.15) is 0 Å². The van der Waals surface area contributed by atoms with Crippen LogP contribution in [0.5, 0.6) is 0 Å². The maximum atomic E-state index is 15.6. The summed E-state index contributed by atoms with van der Waals surface area (Å²) < 4.78 is 67.6. The van der Waals surface area contributed by atoms with Crippen LogP contribution in [-0.2, 0) is 21.1 Å². The second-order valence-electron chi connectivity index (χ2n) is 9.52. The molecular formula is C26H27F3N4O3S. The Balaban J connectivity index is 1.70. The van der Waals surface area contributed by atoms with Gasteiger partial charge < -0.3 is 10.0 Å². The Bertz CT molecular complexity index is 1390. The average molecular weight is 533 g/mol. The molecule has 2 aromatic carbocycles. The normalized spacial score (nSPS) is 19.6. The minimum Gasteiger partial charge on any atom is -0.381 e. The number of rotatable bonds is 7. The lowest BCUT2D eigenvalue weighted by Crippen LogP contribution is -2.52. The molecule has 7 nitrogen and oxygen atoms in total. The van der Waals surface area contributed by atoms with Crippen molar-refractivity contribution in [3.8, 4) is 11.1 Å². The predicted molar refractivity (Wildman–Crippen MR) is 132 cm³/mol. The third-order valence-electron chi connectivity index (χ3n) is 6.30. The Morgan fingerprint density at radius 1 is 1.19 bits per heavy atom. The maximum Gasteiger partial charge on any atom is 0.254 e. The van der Waals surface area contributed by atoms with Crippen LogP contribution in [-0.4, -0.2) is 49.3 Å². The molecule has 0 saturated carbocycles. The molecule has 37 heavy (non-hydrogen) atoms. The number of nitrogens with one attached hydrogen (secondary N) is 2. The molecule has 3 N–H and O–H groups in total. The first-order valence-corrected chi connectivity index (χ1v) is 13.2. The molecule has 1 saturated heterocycles. The predicted octanol–water partition coefficient (Wildman–Crippen LogP) is 4.06. The summed E-state index contributed by atoms with van der Waals surface area (Å²) in [5.74, 6) is -3.00. The van der Waals surface area contributed by atoms with E-state index >= 15 is 4.39 Å². The van der Waals surface area contributed by atoms with Gasteiger partial charge in [0.1, 0.15) is 33.0 Å². The fourth-order valence-corrected chi connectivity index (χ4v) is 5.86. The van der Waals surface area contributed by atoms with Crippen LogP contribution in [0.25, 0.3) is 11.1 Å². The summed E-state index contributed by atoms with van der Waals surface area (Å²) in [5.41, 5.74) is -1.54. The van der Waals surface area contributed by atoms with Gasteiger partial charge in [0.05, 0.1) is 10.9 Å². The number of hydrogen-bond acceptors (Lipinski definition) is 5. The molecule has 1 amide bonds. The van der Waals surface area contributed by atoms with E-state index in [1.807, 2.05) is 0 Å². The maximum absolute atomic E-state index is 15.6. The Labute approximate surface area is 213 Å². The highest BCUT2D eigenvalue weighted by Gasteiger charge is 2.43. The molecule has 0 aliphatic carbocycles. The standard InChI is InChI=1S/C26H27F3N4O3S/c1-26(2,35)25(34)33-10-8-22(32-37(30,36)20-6-4-9-31-15-20)23(33)13-16-5-3-7-21(24(16)29)17-11-18(27)14-19(28)12-17/h3-7,9,11-12,14-15,22-23,35H,8,10,13H2,1-2H3,(H2,30,32,36)/t22-,23-,37?/m0/s1. The van der Waals surface area contributed by atoms with Crippen LogP contribution in [0.3, 0.4) is 0 Å². The van der Waals surface area contributed by atoms with E-state index in [0.29, 0.717) is 12.5 Å². The Hall–Kier alpha value is -3.28. The number of nitrogens with zero attached hydrogens (tertiary/aromatic N) is 2. The monoisotopic (exact) mass is 532 g/mol. The van der Waals surface area contributed by atoms with E-state index in [-0.39, 0.29) is 34.6 Å². The topological polar surface area (TPSA) is 106 Å². The second-order valence-corrected chi connectivity index (χ2v) is 11.3. The SMILES string of the molecule is CC(C)(O)C(=O)N1CC[C@H](NS(=N)(=O)c2cccnc2)[C@@H]1Cc1cccc(-c2cc(F)cc(F)c2)c1F. The molecule has 11 heteroatoms. The first-order valence-electron chi connectivity index (χ1n) is 11.6. The van der Waals surface area contributed by atoms with Gasteiger partial charge in [-0.15, -0.1) is 0 Å². The number of aromatic nitrogens is 1. The van der Waals surface area contributed by atoms with Gasteiger partial charge in [-0.3, -0.25) is 9.78 Å². The van der Waals surface area contributed by atoms with Crippen LogP contribution in [0.15, 0.2) is 65.8 Å². The van der Waals surface area contributed by atoms with Crippen molar-refractivity contribution in [2.75, 3.05) is 6.54 Å². The zero-order valence-corrected chi connectivity index (χ0v) is 21.1. The van der Waals surface area contributed by atoms with Crippen LogP contribution in [0, 0.1) is 22.2 Å². The van der Waals surface area contributed by atoms with Crippen LogP contribution in [0.2, 0.25) is 0 Å². The number of amides is 1. The molecule has 1 aromatic heterocycles. The third kappa shape index (κ3) is 5.84. The van der Waals surface area contributed by atoms with Crippen molar-refractivity contribution in [3.05, 3.63) is 83.9 Å². The zero-order valence-electron chi connectivity index (χ0n) is 20.2. The van der Waals surface area contributed by atoms with Crippen molar-refractivity contribution in [3.63, 3.8) is 0 Å². The van der Waals surface area contributed by atoms with Crippen molar-refractivity contribution < 1.29 is 27.3 Å². The molecule has 1 aliphatic heterocycles. The van der Waals surface area contributed by atoms with Gasteiger partial charge in [0.15, 0.2) is 0 Å². The zero-order chi connectivity index (χ0) is 27.0. The number of likely N-dealkylation sites (tertiary alicyclic amines) is 1. The number of aliphatic hydroxyl groups is 1. The molecule has 0 spiro atoms. The molecule has 3 atom stereocenters. The summed E-state index contributed by atoms with van der Waals surface area (Å²) in [6.45, 7) is 2.87. The molecule has 4 rings (SSSR count). The average Bonchev–Trinajstić information content (AvgIpc) is 3.20. The summed E-state index contributed by atoms with van der Waals surface area (Å²) in [4.78, 5) is 18.5. The van der Waals surface area contributed by atoms with Crippen molar-refractivity contribution >= 4 is 15.8 Å². The van der Waals surface area contributed by atoms with E-state index in [1.165, 1.54) is 49.3 Å². The minimum atomic E-state index is -3.51. The number of benzene rings is 2. The fourth-order valence-electron chi connectivity index (χ4n) is 4.54. The number of carbonyl (C=O) groups excluding carboxylic acids is 1. The minimum absolute atomic E-state index is 0.0154. The highest BCUT2D eigenvalue weighted by molar-refractivity contribution is 7.90.